The molecule has 0 aromatic carbocycles. The first-order valence-electron chi connectivity index (χ1n) is 21.9. The molecule has 4 fully saturated rings. The zero-order chi connectivity index (χ0) is 44.4. The van der Waals surface area contributed by atoms with Crippen LogP contribution < -0.4 is 11.5 Å². The van der Waals surface area contributed by atoms with E-state index in [0.717, 1.165) is 36.3 Å². The van der Waals surface area contributed by atoms with Crippen molar-refractivity contribution in [3.05, 3.63) is 24.8 Å². The molecule has 18 nitrogen and oxygen atoms in total. The Labute approximate surface area is 364 Å². The van der Waals surface area contributed by atoms with Crippen molar-refractivity contribution < 1.29 is 37.3 Å². The van der Waals surface area contributed by atoms with E-state index in [-0.39, 0.29) is 11.6 Å². The van der Waals surface area contributed by atoms with E-state index in [1.165, 1.54) is 12.7 Å². The van der Waals surface area contributed by atoms with Gasteiger partial charge in [-0.3, -0.25) is 9.13 Å². The Bertz CT molecular complexity index is 2370. The number of rotatable bonds is 14. The Balaban J connectivity index is 1.23. The molecule has 4 aliphatic rings. The standard InChI is InChI=1S/C42H60N10O8Si2/c1-12-24(59-61(13-2,14-3)15-4)29-31-34(58-42(10,11)55-31)40(54-29)52-26(50-28-36(44)46-22-48-38(28)52)20-19-25(60-62(16-5,17-6)18-7)30-32-33(57-41(8,9)56-32)39(53-30)51-23-49-27-35(43)45-21-47-37(27)51/h1,21-25,29-34,39-40H,13-18H2,2-11H3,(H2,43,45,47)(H2,44,46,48)/t24-,25-,29-,30-,31-,32-,33-,34-,39-,40-/m1/s1. The molecule has 0 aliphatic carbocycles. The molecule has 8 heterocycles. The van der Waals surface area contributed by atoms with Gasteiger partial charge in [-0.15, -0.1) is 6.42 Å². The lowest BCUT2D eigenvalue weighted by atomic mass is 10.1. The number of anilines is 2. The van der Waals surface area contributed by atoms with Gasteiger partial charge in [0.05, 0.1) is 6.33 Å². The number of aromatic nitrogens is 8. The van der Waals surface area contributed by atoms with Crippen LogP contribution in [0.2, 0.25) is 36.3 Å². The molecule has 4 N–H and O–H groups in total. The summed E-state index contributed by atoms with van der Waals surface area (Å²) in [5.41, 5.74) is 14.4. The topological polar surface area (TPSA) is 213 Å². The van der Waals surface area contributed by atoms with Gasteiger partial charge in [0.15, 0.2) is 74.9 Å². The van der Waals surface area contributed by atoms with Gasteiger partial charge >= 0.3 is 0 Å². The summed E-state index contributed by atoms with van der Waals surface area (Å²) in [5, 5.41) is 0. The fourth-order valence-electron chi connectivity index (χ4n) is 9.49. The van der Waals surface area contributed by atoms with Crippen LogP contribution in [0.25, 0.3) is 22.3 Å². The van der Waals surface area contributed by atoms with E-state index in [1.54, 1.807) is 6.33 Å². The van der Waals surface area contributed by atoms with Gasteiger partial charge in [-0.05, 0) is 69.9 Å². The van der Waals surface area contributed by atoms with Gasteiger partial charge in [-0.1, -0.05) is 53.4 Å². The molecular formula is C42H60N10O8Si2. The number of nitrogens with zero attached hydrogens (tertiary/aromatic N) is 8. The Hall–Kier alpha value is -4.07. The summed E-state index contributed by atoms with van der Waals surface area (Å²) < 4.78 is 58.1. The molecule has 4 aromatic rings. The average molecular weight is 889 g/mol. The second kappa shape index (κ2) is 16.8. The molecule has 0 radical (unpaired) electrons. The van der Waals surface area contributed by atoms with E-state index >= 15 is 0 Å². The highest BCUT2D eigenvalue weighted by Gasteiger charge is 2.61. The summed E-state index contributed by atoms with van der Waals surface area (Å²) in [6, 6.07) is 5.34. The normalized spacial score (nSPS) is 28.7. The first-order valence-corrected chi connectivity index (χ1v) is 26.9. The summed E-state index contributed by atoms with van der Waals surface area (Å²) in [6.07, 6.45) is 3.92. The first kappa shape index (κ1) is 44.5. The van der Waals surface area contributed by atoms with Gasteiger partial charge in [0.25, 0.3) is 0 Å². The summed E-state index contributed by atoms with van der Waals surface area (Å²) >= 11 is 0. The number of terminal acetylenes is 1. The van der Waals surface area contributed by atoms with Gasteiger partial charge in [-0.25, -0.2) is 29.9 Å². The average Bonchev–Trinajstić information content (AvgIpc) is 4.10. The number of hydrogen-bond acceptors (Lipinski definition) is 16. The Morgan fingerprint density at radius 1 is 0.677 bits per heavy atom. The predicted molar refractivity (Wildman–Crippen MR) is 235 cm³/mol. The van der Waals surface area contributed by atoms with Crippen molar-refractivity contribution in [2.24, 2.45) is 0 Å². The highest BCUT2D eigenvalue weighted by molar-refractivity contribution is 6.74. The molecular weight excluding hydrogens is 829 g/mol. The lowest BCUT2D eigenvalue weighted by Crippen LogP contribution is -2.47. The highest BCUT2D eigenvalue weighted by atomic mass is 28.4. The minimum atomic E-state index is -2.37. The molecule has 0 saturated carbocycles. The van der Waals surface area contributed by atoms with Crippen molar-refractivity contribution >= 4 is 50.6 Å². The molecule has 62 heavy (non-hydrogen) atoms. The van der Waals surface area contributed by atoms with E-state index in [1.807, 2.05) is 36.8 Å². The number of imidazole rings is 2. The maximum absolute atomic E-state index is 7.27. The van der Waals surface area contributed by atoms with Crippen LogP contribution in [0.15, 0.2) is 19.0 Å². The molecule has 10 atom stereocenters. The maximum Gasteiger partial charge on any atom is 0.193 e. The van der Waals surface area contributed by atoms with Gasteiger partial charge in [-0.2, -0.15) is 0 Å². The smallest absolute Gasteiger partial charge is 0.193 e. The van der Waals surface area contributed by atoms with Crippen LogP contribution in [0.4, 0.5) is 11.6 Å². The van der Waals surface area contributed by atoms with Gasteiger partial charge in [0.1, 0.15) is 67.0 Å². The first-order chi connectivity index (χ1) is 29.6. The van der Waals surface area contributed by atoms with Crippen LogP contribution >= 0.6 is 0 Å². The zero-order valence-corrected chi connectivity index (χ0v) is 39.3. The SMILES string of the molecule is C#C[C@@H](O[Si](CC)(CC)CC)[C@H]1O[C@@H](n2c(C#C[C@@H](O[Si](CC)(CC)CC)[C@H]3O[C@@H](n4cnc5c(N)ncnc54)[C@@H]4OC(C)(C)O[C@@H]43)nc3c(N)ncnc32)[C@@H]2OC(C)(C)O[C@@H]21. The molecule has 4 aromatic heterocycles. The molecule has 4 aliphatic heterocycles. The third-order valence-electron chi connectivity index (χ3n) is 13.3. The van der Waals surface area contributed by atoms with Crippen LogP contribution in [0, 0.1) is 24.2 Å². The Kier molecular flexibility index (Phi) is 12.1. The molecule has 0 bridgehead atoms. The summed E-state index contributed by atoms with van der Waals surface area (Å²) in [5.74, 6) is 8.66. The fraction of sp³-hybridized carbons (Fsp3) is 0.667. The van der Waals surface area contributed by atoms with E-state index < -0.39 is 89.5 Å². The summed E-state index contributed by atoms with van der Waals surface area (Å²) in [7, 11) is -4.55. The lowest BCUT2D eigenvalue weighted by molar-refractivity contribution is -0.202. The number of nitrogens with two attached hydrogens (primary N) is 2. The van der Waals surface area contributed by atoms with E-state index in [4.69, 9.17) is 60.1 Å². The van der Waals surface area contributed by atoms with Crippen LogP contribution in [-0.4, -0.2) is 116 Å². The Morgan fingerprint density at radius 3 is 1.73 bits per heavy atom. The van der Waals surface area contributed by atoms with Gasteiger partial charge < -0.3 is 48.7 Å². The number of fused-ring (bicyclic) bond motifs is 4. The molecule has 4 saturated heterocycles. The second-order valence-corrected chi connectivity index (χ2v) is 26.9. The summed E-state index contributed by atoms with van der Waals surface area (Å²) in [6.45, 7) is 20.5. The van der Waals surface area contributed by atoms with Crippen LogP contribution in [0.5, 0.6) is 0 Å². The molecule has 334 valence electrons. The van der Waals surface area contributed by atoms with Crippen molar-refractivity contribution in [3.8, 4) is 24.2 Å². The molecule has 0 amide bonds. The second-order valence-electron chi connectivity index (χ2n) is 17.4. The number of nitrogen functional groups attached to an aromatic ring is 2. The van der Waals surface area contributed by atoms with Crippen LogP contribution in [0.3, 0.4) is 0 Å². The largest absolute Gasteiger partial charge is 0.401 e. The van der Waals surface area contributed by atoms with Crippen molar-refractivity contribution in [2.45, 2.75) is 178 Å². The maximum atomic E-state index is 7.27. The van der Waals surface area contributed by atoms with E-state index in [2.05, 4.69) is 84.2 Å². The van der Waals surface area contributed by atoms with Gasteiger partial charge in [0.2, 0.25) is 0 Å². The quantitative estimate of drug-likeness (QED) is 0.119. The predicted octanol–water partition coefficient (Wildman–Crippen LogP) is 5.43. The molecule has 20 heteroatoms. The zero-order valence-electron chi connectivity index (χ0n) is 37.3. The van der Waals surface area contributed by atoms with Crippen molar-refractivity contribution in [2.75, 3.05) is 11.5 Å². The van der Waals surface area contributed by atoms with E-state index in [0.29, 0.717) is 28.2 Å². The van der Waals surface area contributed by atoms with Crippen LogP contribution in [0.1, 0.15) is 87.5 Å². The number of ether oxygens (including phenoxy) is 6. The third kappa shape index (κ3) is 7.71. The molecule has 8 rings (SSSR count). The van der Waals surface area contributed by atoms with Crippen molar-refractivity contribution in [1.82, 2.24) is 39.0 Å². The molecule has 0 spiro atoms. The van der Waals surface area contributed by atoms with Gasteiger partial charge in [0, 0.05) is 0 Å². The monoisotopic (exact) mass is 888 g/mol. The Morgan fingerprint density at radius 2 is 1.16 bits per heavy atom. The molecule has 0 unspecified atom stereocenters. The fourth-order valence-corrected chi connectivity index (χ4v) is 15.0. The highest BCUT2D eigenvalue weighted by Crippen LogP contribution is 2.48. The summed E-state index contributed by atoms with van der Waals surface area (Å²) in [4.78, 5) is 27.0. The minimum Gasteiger partial charge on any atom is -0.401 e. The number of hydrogen-bond donors (Lipinski definition) is 2. The van der Waals surface area contributed by atoms with Crippen LogP contribution in [-0.2, 0) is 37.3 Å². The minimum absolute atomic E-state index is 0.184. The lowest BCUT2D eigenvalue weighted by Gasteiger charge is -2.35. The van der Waals surface area contributed by atoms with Crippen molar-refractivity contribution in [1.29, 1.82) is 0 Å². The third-order valence-corrected chi connectivity index (χ3v) is 22.5. The van der Waals surface area contributed by atoms with Crippen molar-refractivity contribution in [3.63, 3.8) is 0 Å². The van der Waals surface area contributed by atoms with E-state index in [9.17, 15) is 0 Å².